The highest BCUT2D eigenvalue weighted by Crippen LogP contribution is 2.28. The molecule has 19 heavy (non-hydrogen) atoms. The average molecular weight is 313 g/mol. The van der Waals surface area contributed by atoms with E-state index in [1.165, 1.54) is 0 Å². The molecule has 0 aliphatic carbocycles. The van der Waals surface area contributed by atoms with Crippen LogP contribution in [0.15, 0.2) is 24.3 Å². The van der Waals surface area contributed by atoms with Gasteiger partial charge in [-0.05, 0) is 30.7 Å². The van der Waals surface area contributed by atoms with Crippen molar-refractivity contribution < 1.29 is 0 Å². The van der Waals surface area contributed by atoms with Gasteiger partial charge in [0.15, 0.2) is 5.65 Å². The largest absolute Gasteiger partial charge is 0.337 e. The van der Waals surface area contributed by atoms with Gasteiger partial charge in [-0.25, -0.2) is 9.97 Å². The summed E-state index contributed by atoms with van der Waals surface area (Å²) in [5, 5.41) is 1.30. The SMILES string of the molecule is Cc1ccc(Cl)cc1-c1nc2nc(Cl)c(Cl)cc2[nH]1. The van der Waals surface area contributed by atoms with Gasteiger partial charge in [0.1, 0.15) is 11.0 Å². The van der Waals surface area contributed by atoms with Gasteiger partial charge in [0, 0.05) is 10.6 Å². The minimum Gasteiger partial charge on any atom is -0.337 e. The quantitative estimate of drug-likeness (QED) is 0.650. The van der Waals surface area contributed by atoms with Crippen molar-refractivity contribution in [3.8, 4) is 11.4 Å². The lowest BCUT2D eigenvalue weighted by molar-refractivity contribution is 1.28. The summed E-state index contributed by atoms with van der Waals surface area (Å²) >= 11 is 17.8. The Morgan fingerprint density at radius 2 is 1.84 bits per heavy atom. The van der Waals surface area contributed by atoms with Crippen LogP contribution in [-0.2, 0) is 0 Å². The highest BCUT2D eigenvalue weighted by Gasteiger charge is 2.11. The first-order chi connectivity index (χ1) is 9.04. The zero-order valence-corrected chi connectivity index (χ0v) is 12.1. The lowest BCUT2D eigenvalue weighted by atomic mass is 10.1. The second-order valence-corrected chi connectivity index (χ2v) is 5.38. The summed E-state index contributed by atoms with van der Waals surface area (Å²) in [6.45, 7) is 1.99. The van der Waals surface area contributed by atoms with Crippen LogP contribution in [0.3, 0.4) is 0 Å². The van der Waals surface area contributed by atoms with Gasteiger partial charge in [0.25, 0.3) is 0 Å². The first-order valence-corrected chi connectivity index (χ1v) is 6.66. The maximum atomic E-state index is 6.02. The van der Waals surface area contributed by atoms with Crippen molar-refractivity contribution in [2.75, 3.05) is 0 Å². The topological polar surface area (TPSA) is 41.6 Å². The molecule has 0 amide bonds. The molecule has 0 saturated carbocycles. The van der Waals surface area contributed by atoms with Gasteiger partial charge in [-0.3, -0.25) is 0 Å². The lowest BCUT2D eigenvalue weighted by Gasteiger charge is -2.02. The lowest BCUT2D eigenvalue weighted by Crippen LogP contribution is -1.85. The summed E-state index contributed by atoms with van der Waals surface area (Å²) in [5.74, 6) is 0.695. The van der Waals surface area contributed by atoms with Crippen LogP contribution in [0.1, 0.15) is 5.56 Å². The molecule has 96 valence electrons. The molecule has 3 aromatic rings. The highest BCUT2D eigenvalue weighted by atomic mass is 35.5. The molecule has 0 fully saturated rings. The van der Waals surface area contributed by atoms with E-state index in [4.69, 9.17) is 34.8 Å². The highest BCUT2D eigenvalue weighted by molar-refractivity contribution is 6.41. The van der Waals surface area contributed by atoms with E-state index in [0.29, 0.717) is 21.5 Å². The smallest absolute Gasteiger partial charge is 0.179 e. The maximum absolute atomic E-state index is 6.02. The molecule has 6 heteroatoms. The first-order valence-electron chi connectivity index (χ1n) is 5.53. The molecule has 0 saturated heterocycles. The normalized spacial score (nSPS) is 11.2. The molecule has 2 aromatic heterocycles. The van der Waals surface area contributed by atoms with Crippen molar-refractivity contribution >= 4 is 46.0 Å². The van der Waals surface area contributed by atoms with Crippen LogP contribution < -0.4 is 0 Å². The average Bonchev–Trinajstić information content (AvgIpc) is 2.75. The molecule has 0 bridgehead atoms. The van der Waals surface area contributed by atoms with Gasteiger partial charge in [-0.1, -0.05) is 40.9 Å². The van der Waals surface area contributed by atoms with Crippen molar-refractivity contribution in [3.63, 3.8) is 0 Å². The molecule has 0 radical (unpaired) electrons. The van der Waals surface area contributed by atoms with E-state index in [0.717, 1.165) is 16.6 Å². The molecular formula is C13H8Cl3N3. The number of aromatic amines is 1. The molecule has 0 aliphatic heterocycles. The number of nitrogens with zero attached hydrogens (tertiary/aromatic N) is 2. The minimum atomic E-state index is 0.245. The van der Waals surface area contributed by atoms with Gasteiger partial charge >= 0.3 is 0 Å². The molecule has 0 unspecified atom stereocenters. The Bertz CT molecular complexity index is 741. The standard InChI is InChI=1S/C13H8Cl3N3/c1-6-2-3-7(14)4-8(6)12-17-10-5-9(15)11(16)18-13(10)19-12/h2-5H,1H3,(H,17,18,19). The number of halogens is 3. The molecule has 0 aliphatic rings. The van der Waals surface area contributed by atoms with E-state index in [1.807, 2.05) is 25.1 Å². The molecule has 1 aromatic carbocycles. The number of imidazole rings is 1. The molecule has 2 heterocycles. The summed E-state index contributed by atoms with van der Waals surface area (Å²) in [7, 11) is 0. The van der Waals surface area contributed by atoms with Gasteiger partial charge in [-0.15, -0.1) is 0 Å². The predicted octanol–water partition coefficient (Wildman–Crippen LogP) is 4.89. The zero-order chi connectivity index (χ0) is 13.6. The third-order valence-electron chi connectivity index (χ3n) is 2.84. The fourth-order valence-corrected chi connectivity index (χ4v) is 2.33. The molecular weight excluding hydrogens is 305 g/mol. The Morgan fingerprint density at radius 1 is 1.05 bits per heavy atom. The van der Waals surface area contributed by atoms with Crippen molar-refractivity contribution in [1.29, 1.82) is 0 Å². The number of H-pyrrole nitrogens is 1. The van der Waals surface area contributed by atoms with Crippen LogP contribution in [0, 0.1) is 6.92 Å². The number of hydrogen-bond donors (Lipinski definition) is 1. The summed E-state index contributed by atoms with van der Waals surface area (Å²) in [4.78, 5) is 11.7. The van der Waals surface area contributed by atoms with E-state index in [9.17, 15) is 0 Å². The zero-order valence-electron chi connectivity index (χ0n) is 9.84. The fourth-order valence-electron chi connectivity index (χ4n) is 1.87. The van der Waals surface area contributed by atoms with E-state index in [1.54, 1.807) is 6.07 Å². The monoisotopic (exact) mass is 311 g/mol. The molecule has 3 nitrogen and oxygen atoms in total. The van der Waals surface area contributed by atoms with Crippen LogP contribution in [0.4, 0.5) is 0 Å². The van der Waals surface area contributed by atoms with Gasteiger partial charge in [-0.2, -0.15) is 0 Å². The number of fused-ring (bicyclic) bond motifs is 1. The van der Waals surface area contributed by atoms with Gasteiger partial charge in [0.05, 0.1) is 10.5 Å². The number of aryl methyl sites for hydroxylation is 1. The molecule has 3 rings (SSSR count). The molecule has 0 spiro atoms. The Balaban J connectivity index is 2.23. The molecule has 0 atom stereocenters. The first kappa shape index (κ1) is 12.7. The van der Waals surface area contributed by atoms with E-state index in [2.05, 4.69) is 15.0 Å². The number of benzene rings is 1. The number of hydrogen-bond acceptors (Lipinski definition) is 2. The Kier molecular flexibility index (Phi) is 3.13. The van der Waals surface area contributed by atoms with Crippen LogP contribution in [0.2, 0.25) is 15.2 Å². The van der Waals surface area contributed by atoms with E-state index >= 15 is 0 Å². The van der Waals surface area contributed by atoms with Crippen LogP contribution in [-0.4, -0.2) is 15.0 Å². The number of pyridine rings is 1. The Morgan fingerprint density at radius 3 is 2.63 bits per heavy atom. The van der Waals surface area contributed by atoms with Crippen LogP contribution in [0.25, 0.3) is 22.6 Å². The summed E-state index contributed by atoms with van der Waals surface area (Å²) in [6.07, 6.45) is 0. The van der Waals surface area contributed by atoms with Crippen LogP contribution >= 0.6 is 34.8 Å². The van der Waals surface area contributed by atoms with Crippen molar-refractivity contribution in [2.45, 2.75) is 6.92 Å². The van der Waals surface area contributed by atoms with Gasteiger partial charge < -0.3 is 4.98 Å². The predicted molar refractivity (Wildman–Crippen MR) is 79.1 cm³/mol. The maximum Gasteiger partial charge on any atom is 0.179 e. The third kappa shape index (κ3) is 2.29. The third-order valence-corrected chi connectivity index (χ3v) is 3.75. The van der Waals surface area contributed by atoms with E-state index < -0.39 is 0 Å². The van der Waals surface area contributed by atoms with Crippen molar-refractivity contribution in [2.24, 2.45) is 0 Å². The van der Waals surface area contributed by atoms with Crippen LogP contribution in [0.5, 0.6) is 0 Å². The Labute approximate surface area is 124 Å². The Hall–Kier alpha value is -1.29. The minimum absolute atomic E-state index is 0.245. The summed E-state index contributed by atoms with van der Waals surface area (Å²) in [5.41, 5.74) is 3.27. The molecule has 1 N–H and O–H groups in total. The van der Waals surface area contributed by atoms with E-state index in [-0.39, 0.29) is 5.15 Å². The second-order valence-electron chi connectivity index (χ2n) is 4.18. The van der Waals surface area contributed by atoms with Crippen molar-refractivity contribution in [3.05, 3.63) is 45.0 Å². The second kappa shape index (κ2) is 4.67. The summed E-state index contributed by atoms with van der Waals surface area (Å²) < 4.78 is 0. The summed E-state index contributed by atoms with van der Waals surface area (Å²) in [6, 6.07) is 7.35. The fraction of sp³-hybridized carbons (Fsp3) is 0.0769. The van der Waals surface area contributed by atoms with Gasteiger partial charge in [0.2, 0.25) is 0 Å². The number of aromatic nitrogens is 3. The number of rotatable bonds is 1. The number of nitrogens with one attached hydrogen (secondary N) is 1. The van der Waals surface area contributed by atoms with Crippen molar-refractivity contribution in [1.82, 2.24) is 15.0 Å².